The molecule has 0 fully saturated rings. The van der Waals surface area contributed by atoms with E-state index >= 15 is 0 Å². The number of oxazole rings is 1. The summed E-state index contributed by atoms with van der Waals surface area (Å²) in [6.45, 7) is 1.78. The topological polar surface area (TPSA) is 51.8 Å². The first-order chi connectivity index (χ1) is 5.86. The number of rotatable bonds is 1. The largest absolute Gasteiger partial charge is 0.449 e. The third-order valence-corrected chi connectivity index (χ3v) is 1.41. The first kappa shape index (κ1) is 6.97. The second kappa shape index (κ2) is 2.73. The molecule has 0 aliphatic carbocycles. The first-order valence-electron chi connectivity index (χ1n) is 3.56. The third-order valence-electron chi connectivity index (χ3n) is 1.41. The summed E-state index contributed by atoms with van der Waals surface area (Å²) in [7, 11) is 0. The molecule has 60 valence electrons. The van der Waals surface area contributed by atoms with Gasteiger partial charge in [-0.05, 0) is 6.07 Å². The van der Waals surface area contributed by atoms with E-state index in [0.29, 0.717) is 17.4 Å². The highest BCUT2D eigenvalue weighted by Gasteiger charge is 2.03. The second-order valence-electron chi connectivity index (χ2n) is 2.32. The van der Waals surface area contributed by atoms with Crippen LogP contribution in [0.1, 0.15) is 5.89 Å². The molecule has 0 bridgehead atoms. The van der Waals surface area contributed by atoms with Gasteiger partial charge in [0.1, 0.15) is 12.0 Å². The minimum absolute atomic E-state index is 0.592. The summed E-state index contributed by atoms with van der Waals surface area (Å²) in [5, 5.41) is 0. The molecule has 2 heterocycles. The fourth-order valence-electron chi connectivity index (χ4n) is 0.897. The Morgan fingerprint density at radius 3 is 2.58 bits per heavy atom. The Labute approximate surface area is 69.3 Å². The van der Waals surface area contributed by atoms with E-state index in [-0.39, 0.29) is 0 Å². The second-order valence-corrected chi connectivity index (χ2v) is 2.32. The molecule has 2 aromatic rings. The van der Waals surface area contributed by atoms with Crippen LogP contribution in [0.4, 0.5) is 0 Å². The maximum atomic E-state index is 5.03. The van der Waals surface area contributed by atoms with Gasteiger partial charge in [0.2, 0.25) is 0 Å². The van der Waals surface area contributed by atoms with Crippen molar-refractivity contribution in [3.8, 4) is 11.5 Å². The van der Waals surface area contributed by atoms with E-state index in [9.17, 15) is 0 Å². The van der Waals surface area contributed by atoms with Gasteiger partial charge in [0.25, 0.3) is 0 Å². The van der Waals surface area contributed by atoms with Crippen molar-refractivity contribution in [2.75, 3.05) is 0 Å². The number of aromatic nitrogens is 3. The summed E-state index contributed by atoms with van der Waals surface area (Å²) >= 11 is 0. The Bertz CT molecular complexity index is 369. The highest BCUT2D eigenvalue weighted by molar-refractivity contribution is 5.45. The van der Waals surface area contributed by atoms with E-state index in [2.05, 4.69) is 15.0 Å². The molecule has 0 atom stereocenters. The maximum Gasteiger partial charge on any atom is 0.191 e. The Morgan fingerprint density at radius 1 is 1.25 bits per heavy atom. The van der Waals surface area contributed by atoms with Gasteiger partial charge >= 0.3 is 0 Å². The number of nitrogens with zero attached hydrogens (tertiary/aromatic N) is 3. The molecular weight excluding hydrogens is 154 g/mol. The molecular formula is C8H7N3O. The predicted octanol–water partition coefficient (Wildman–Crippen LogP) is 1.44. The molecule has 0 aromatic carbocycles. The summed E-state index contributed by atoms with van der Waals surface area (Å²) in [6.07, 6.45) is 4.89. The first-order valence-corrected chi connectivity index (χ1v) is 3.56. The van der Waals surface area contributed by atoms with Crippen molar-refractivity contribution in [3.63, 3.8) is 0 Å². The Morgan fingerprint density at radius 2 is 2.00 bits per heavy atom. The van der Waals surface area contributed by atoms with Gasteiger partial charge in [0.15, 0.2) is 11.7 Å². The molecule has 0 radical (unpaired) electrons. The van der Waals surface area contributed by atoms with Crippen molar-refractivity contribution < 1.29 is 4.42 Å². The SMILES string of the molecule is Cc1nc(-c2ncccn2)co1. The molecule has 0 amide bonds. The molecule has 0 aliphatic rings. The normalized spacial score (nSPS) is 10.1. The van der Waals surface area contributed by atoms with Crippen molar-refractivity contribution in [2.24, 2.45) is 0 Å². The molecule has 0 saturated carbocycles. The Balaban J connectivity index is 2.45. The number of aryl methyl sites for hydroxylation is 1. The average molecular weight is 161 g/mol. The molecule has 0 spiro atoms. The molecule has 0 N–H and O–H groups in total. The van der Waals surface area contributed by atoms with Gasteiger partial charge in [0.05, 0.1) is 0 Å². The van der Waals surface area contributed by atoms with Crippen LogP contribution in [0.3, 0.4) is 0 Å². The van der Waals surface area contributed by atoms with Gasteiger partial charge in [-0.1, -0.05) is 0 Å². The van der Waals surface area contributed by atoms with Crippen molar-refractivity contribution in [1.29, 1.82) is 0 Å². The van der Waals surface area contributed by atoms with Crippen molar-refractivity contribution in [3.05, 3.63) is 30.6 Å². The fourth-order valence-corrected chi connectivity index (χ4v) is 0.897. The monoisotopic (exact) mass is 161 g/mol. The van der Waals surface area contributed by atoms with Crippen molar-refractivity contribution >= 4 is 0 Å². The lowest BCUT2D eigenvalue weighted by atomic mass is 10.4. The lowest BCUT2D eigenvalue weighted by Crippen LogP contribution is -1.86. The smallest absolute Gasteiger partial charge is 0.191 e. The van der Waals surface area contributed by atoms with Gasteiger partial charge in [0, 0.05) is 19.3 Å². The van der Waals surface area contributed by atoms with E-state index < -0.39 is 0 Å². The fraction of sp³-hybridized carbons (Fsp3) is 0.125. The minimum Gasteiger partial charge on any atom is -0.449 e. The zero-order valence-corrected chi connectivity index (χ0v) is 6.56. The number of hydrogen-bond donors (Lipinski definition) is 0. The Hall–Kier alpha value is -1.71. The Kier molecular flexibility index (Phi) is 1.59. The van der Waals surface area contributed by atoms with E-state index in [1.54, 1.807) is 31.6 Å². The summed E-state index contributed by atoms with van der Waals surface area (Å²) in [4.78, 5) is 12.1. The van der Waals surface area contributed by atoms with Gasteiger partial charge in [-0.25, -0.2) is 15.0 Å². The van der Waals surface area contributed by atoms with E-state index in [0.717, 1.165) is 0 Å². The van der Waals surface area contributed by atoms with Gasteiger partial charge in [-0.3, -0.25) is 0 Å². The molecule has 4 heteroatoms. The van der Waals surface area contributed by atoms with E-state index in [1.165, 1.54) is 0 Å². The third kappa shape index (κ3) is 1.18. The van der Waals surface area contributed by atoms with Crippen LogP contribution in [0.5, 0.6) is 0 Å². The van der Waals surface area contributed by atoms with Gasteiger partial charge in [-0.2, -0.15) is 0 Å². The zero-order chi connectivity index (χ0) is 8.39. The van der Waals surface area contributed by atoms with Crippen molar-refractivity contribution in [1.82, 2.24) is 15.0 Å². The van der Waals surface area contributed by atoms with Gasteiger partial charge in [-0.15, -0.1) is 0 Å². The lowest BCUT2D eigenvalue weighted by Gasteiger charge is -1.89. The predicted molar refractivity (Wildman–Crippen MR) is 42.3 cm³/mol. The molecule has 4 nitrogen and oxygen atoms in total. The standard InChI is InChI=1S/C8H7N3O/c1-6-11-7(5-12-6)8-9-3-2-4-10-8/h2-5H,1H3. The number of hydrogen-bond acceptors (Lipinski definition) is 4. The van der Waals surface area contributed by atoms with Crippen LogP contribution >= 0.6 is 0 Å². The highest BCUT2D eigenvalue weighted by Crippen LogP contribution is 2.11. The van der Waals surface area contributed by atoms with Crippen LogP contribution in [-0.4, -0.2) is 15.0 Å². The van der Waals surface area contributed by atoms with Crippen LogP contribution in [0.2, 0.25) is 0 Å². The van der Waals surface area contributed by atoms with Crippen LogP contribution < -0.4 is 0 Å². The summed E-state index contributed by atoms with van der Waals surface area (Å²) in [5.74, 6) is 1.21. The molecule has 2 rings (SSSR count). The lowest BCUT2D eigenvalue weighted by molar-refractivity contribution is 0.521. The van der Waals surface area contributed by atoms with Crippen LogP contribution in [0, 0.1) is 6.92 Å². The molecule has 12 heavy (non-hydrogen) atoms. The van der Waals surface area contributed by atoms with E-state index in [1.807, 2.05) is 0 Å². The minimum atomic E-state index is 0.592. The molecule has 0 aliphatic heterocycles. The molecule has 2 aromatic heterocycles. The highest BCUT2D eigenvalue weighted by atomic mass is 16.3. The van der Waals surface area contributed by atoms with E-state index in [4.69, 9.17) is 4.42 Å². The van der Waals surface area contributed by atoms with Gasteiger partial charge < -0.3 is 4.42 Å². The zero-order valence-electron chi connectivity index (χ0n) is 6.56. The average Bonchev–Trinajstić information content (AvgIpc) is 2.54. The maximum absolute atomic E-state index is 5.03. The molecule has 0 unspecified atom stereocenters. The van der Waals surface area contributed by atoms with Crippen LogP contribution in [0.25, 0.3) is 11.5 Å². The molecule has 0 saturated heterocycles. The summed E-state index contributed by atoms with van der Waals surface area (Å²) < 4.78 is 5.03. The van der Waals surface area contributed by atoms with Crippen molar-refractivity contribution in [2.45, 2.75) is 6.92 Å². The summed E-state index contributed by atoms with van der Waals surface area (Å²) in [6, 6.07) is 1.76. The van der Waals surface area contributed by atoms with Crippen LogP contribution in [0.15, 0.2) is 29.1 Å². The quantitative estimate of drug-likeness (QED) is 0.635. The summed E-state index contributed by atoms with van der Waals surface area (Å²) in [5.41, 5.74) is 0.674. The van der Waals surface area contributed by atoms with Crippen LogP contribution in [-0.2, 0) is 0 Å².